The minimum atomic E-state index is -3.61. The van der Waals surface area contributed by atoms with E-state index in [4.69, 9.17) is 0 Å². The number of fused-ring (bicyclic) bond motifs is 1. The zero-order valence-electron chi connectivity index (χ0n) is 31.5. The summed E-state index contributed by atoms with van der Waals surface area (Å²) in [6.07, 6.45) is 4.04. The highest BCUT2D eigenvalue weighted by atomic mass is 32.2. The van der Waals surface area contributed by atoms with Crippen LogP contribution in [-0.2, 0) is 29.0 Å². The number of amides is 5. The number of likely N-dealkylation sites (tertiary alicyclic amines) is 1. The second-order valence-corrected chi connectivity index (χ2v) is 20.7. The molecule has 0 aromatic heterocycles. The summed E-state index contributed by atoms with van der Waals surface area (Å²) in [5.74, 6) is -2.53. The van der Waals surface area contributed by atoms with Crippen LogP contribution in [0.2, 0.25) is 0 Å². The lowest BCUT2D eigenvalue weighted by Gasteiger charge is -2.39. The molecule has 3 fully saturated rings. The van der Waals surface area contributed by atoms with Crippen molar-refractivity contribution in [1.82, 2.24) is 26.2 Å². The lowest BCUT2D eigenvalue weighted by Crippen LogP contribution is -2.63. The lowest BCUT2D eigenvalue weighted by atomic mass is 9.85. The Morgan fingerprint density at radius 2 is 1.57 bits per heavy atom. The molecule has 0 radical (unpaired) electrons. The summed E-state index contributed by atoms with van der Waals surface area (Å²) in [6, 6.07) is -3.64. The first kappa shape index (κ1) is 40.5. The van der Waals surface area contributed by atoms with E-state index in [0.717, 1.165) is 12.8 Å². The van der Waals surface area contributed by atoms with Crippen LogP contribution in [0.15, 0.2) is 12.7 Å². The first-order chi connectivity index (χ1) is 22.3. The number of hydrogen-bond donors (Lipinski definition) is 4. The van der Waals surface area contributed by atoms with Crippen molar-refractivity contribution in [3.63, 3.8) is 0 Å². The Hall–Kier alpha value is -2.96. The van der Waals surface area contributed by atoms with E-state index in [0.29, 0.717) is 19.4 Å². The molecule has 13 heteroatoms. The average molecular weight is 708 g/mol. The van der Waals surface area contributed by atoms with Gasteiger partial charge >= 0.3 is 6.03 Å². The van der Waals surface area contributed by atoms with Crippen LogP contribution >= 0.6 is 0 Å². The van der Waals surface area contributed by atoms with Crippen molar-refractivity contribution in [2.45, 2.75) is 130 Å². The van der Waals surface area contributed by atoms with Crippen molar-refractivity contribution in [2.24, 2.45) is 34.5 Å². The minimum absolute atomic E-state index is 0.0482. The van der Waals surface area contributed by atoms with Gasteiger partial charge in [-0.1, -0.05) is 67.4 Å². The summed E-state index contributed by atoms with van der Waals surface area (Å²) < 4.78 is 25.4. The Balaban J connectivity index is 1.86. The SMILES string of the molecule is C=CCNC(=O)C(=O)C(CC1CC1)NC(=O)[C@@H]1[C@@H]2[C@H](CN1C(=O)[C@@H](NC(=O)N[C@@](C)(CC(C)C)CS(=O)(=O)C(C)(C)C)C(C)(C)C)C2(C)C. The number of piperidine rings is 1. The molecule has 278 valence electrons. The van der Waals surface area contributed by atoms with Crippen LogP contribution in [0.25, 0.3) is 0 Å². The van der Waals surface area contributed by atoms with E-state index in [9.17, 15) is 32.4 Å². The fourth-order valence-electron chi connectivity index (χ4n) is 7.34. The Morgan fingerprint density at radius 3 is 2.06 bits per heavy atom. The summed E-state index contributed by atoms with van der Waals surface area (Å²) in [6.45, 7) is 24.0. The van der Waals surface area contributed by atoms with Crippen LogP contribution in [-0.4, -0.2) is 90.1 Å². The fourth-order valence-corrected chi connectivity index (χ4v) is 8.80. The maximum atomic E-state index is 14.4. The van der Waals surface area contributed by atoms with Crippen LogP contribution in [0.5, 0.6) is 0 Å². The van der Waals surface area contributed by atoms with E-state index in [2.05, 4.69) is 27.8 Å². The number of urea groups is 1. The van der Waals surface area contributed by atoms with Crippen LogP contribution in [0.1, 0.15) is 102 Å². The first-order valence-corrected chi connectivity index (χ1v) is 19.3. The van der Waals surface area contributed by atoms with E-state index in [1.54, 1.807) is 27.7 Å². The molecule has 6 atom stereocenters. The Bertz CT molecular complexity index is 1420. The van der Waals surface area contributed by atoms with Crippen LogP contribution in [0.4, 0.5) is 4.79 Å². The molecule has 49 heavy (non-hydrogen) atoms. The molecule has 3 aliphatic rings. The highest BCUT2D eigenvalue weighted by Gasteiger charge is 2.70. The summed E-state index contributed by atoms with van der Waals surface area (Å²) in [7, 11) is -3.61. The van der Waals surface area contributed by atoms with Crippen LogP contribution in [0.3, 0.4) is 0 Å². The topological polar surface area (TPSA) is 171 Å². The number of nitrogens with zero attached hydrogens (tertiary/aromatic N) is 1. The van der Waals surface area contributed by atoms with E-state index >= 15 is 0 Å². The Labute approximate surface area is 293 Å². The summed E-state index contributed by atoms with van der Waals surface area (Å²) in [5, 5.41) is 11.1. The van der Waals surface area contributed by atoms with Crippen molar-refractivity contribution in [3.05, 3.63) is 12.7 Å². The summed E-state index contributed by atoms with van der Waals surface area (Å²) in [5.41, 5.74) is -2.11. The molecular formula is C36H61N5O7S. The van der Waals surface area contributed by atoms with E-state index in [1.165, 1.54) is 11.0 Å². The van der Waals surface area contributed by atoms with Gasteiger partial charge in [-0.15, -0.1) is 6.58 Å². The number of carbonyl (C=O) groups excluding carboxylic acids is 5. The van der Waals surface area contributed by atoms with Gasteiger partial charge in [0.1, 0.15) is 12.1 Å². The van der Waals surface area contributed by atoms with Gasteiger partial charge in [-0.05, 0) is 75.0 Å². The Morgan fingerprint density at radius 1 is 0.980 bits per heavy atom. The van der Waals surface area contributed by atoms with Crippen molar-refractivity contribution < 1.29 is 32.4 Å². The standard InChI is InChI=1S/C36H61N5O7S/c1-13-16-37-30(44)27(42)24(17-22-14-15-22)38-29(43)26-25-23(35(25,10)11)19-41(26)31(45)28(33(4,5)6)39-32(46)40-36(12,18-21(2)3)20-49(47,48)34(7,8)9/h13,21-26,28H,1,14-20H2,2-12H3,(H,37,44)(H,38,43)(H2,39,40,46)/t23-,24?,25-,26-,28+,36-/m0/s1. The number of nitrogens with one attached hydrogen (secondary N) is 4. The van der Waals surface area contributed by atoms with Gasteiger partial charge in [0.05, 0.1) is 22.1 Å². The zero-order valence-corrected chi connectivity index (χ0v) is 32.3. The number of rotatable bonds is 15. The van der Waals surface area contributed by atoms with E-state index < -0.39 is 73.2 Å². The van der Waals surface area contributed by atoms with Crippen LogP contribution in [0, 0.1) is 34.5 Å². The third-order valence-electron chi connectivity index (χ3n) is 10.4. The number of hydrogen-bond acceptors (Lipinski definition) is 7. The summed E-state index contributed by atoms with van der Waals surface area (Å²) in [4.78, 5) is 69.4. The van der Waals surface area contributed by atoms with Crippen molar-refractivity contribution in [2.75, 3.05) is 18.8 Å². The molecule has 5 amide bonds. The molecule has 1 heterocycles. The van der Waals surface area contributed by atoms with E-state index in [-0.39, 0.29) is 41.4 Å². The van der Waals surface area contributed by atoms with Gasteiger partial charge in [0, 0.05) is 13.1 Å². The molecule has 3 rings (SSSR count). The molecular weight excluding hydrogens is 646 g/mol. The molecule has 0 spiro atoms. The lowest BCUT2D eigenvalue weighted by molar-refractivity contribution is -0.145. The van der Waals surface area contributed by atoms with Gasteiger partial charge in [-0.3, -0.25) is 19.2 Å². The van der Waals surface area contributed by atoms with Crippen molar-refractivity contribution >= 4 is 39.4 Å². The fraction of sp³-hybridized carbons (Fsp3) is 0.806. The molecule has 1 aliphatic heterocycles. The molecule has 0 aromatic carbocycles. The predicted molar refractivity (Wildman–Crippen MR) is 190 cm³/mol. The second-order valence-electron chi connectivity index (χ2n) is 17.9. The van der Waals surface area contributed by atoms with Gasteiger partial charge in [0.2, 0.25) is 17.6 Å². The number of ketones is 1. The minimum Gasteiger partial charge on any atom is -0.346 e. The third-order valence-corrected chi connectivity index (χ3v) is 13.3. The molecule has 0 aromatic rings. The maximum absolute atomic E-state index is 14.4. The number of sulfone groups is 1. The highest BCUT2D eigenvalue weighted by molar-refractivity contribution is 7.92. The van der Waals surface area contributed by atoms with Gasteiger partial charge in [0.15, 0.2) is 9.84 Å². The monoisotopic (exact) mass is 707 g/mol. The largest absolute Gasteiger partial charge is 0.346 e. The molecule has 0 bridgehead atoms. The average Bonchev–Trinajstić information content (AvgIpc) is 3.78. The maximum Gasteiger partial charge on any atom is 0.315 e. The molecule has 1 saturated heterocycles. The van der Waals surface area contributed by atoms with Gasteiger partial charge < -0.3 is 26.2 Å². The number of carbonyl (C=O) groups is 5. The third kappa shape index (κ3) is 9.64. The quantitative estimate of drug-likeness (QED) is 0.149. The van der Waals surface area contributed by atoms with E-state index in [1.807, 2.05) is 48.5 Å². The predicted octanol–water partition coefficient (Wildman–Crippen LogP) is 3.36. The Kier molecular flexibility index (Phi) is 11.8. The van der Waals surface area contributed by atoms with Gasteiger partial charge in [-0.25, -0.2) is 13.2 Å². The molecule has 4 N–H and O–H groups in total. The second kappa shape index (κ2) is 14.3. The molecule has 1 unspecified atom stereocenters. The van der Waals surface area contributed by atoms with Gasteiger partial charge in [-0.2, -0.15) is 0 Å². The zero-order chi connectivity index (χ0) is 37.5. The molecule has 2 aliphatic carbocycles. The summed E-state index contributed by atoms with van der Waals surface area (Å²) >= 11 is 0. The van der Waals surface area contributed by atoms with Crippen molar-refractivity contribution in [1.29, 1.82) is 0 Å². The van der Waals surface area contributed by atoms with Crippen molar-refractivity contribution in [3.8, 4) is 0 Å². The normalized spacial score (nSPS) is 24.2. The first-order valence-electron chi connectivity index (χ1n) is 17.6. The van der Waals surface area contributed by atoms with Gasteiger partial charge in [0.25, 0.3) is 5.91 Å². The van der Waals surface area contributed by atoms with Crippen LogP contribution < -0.4 is 21.3 Å². The smallest absolute Gasteiger partial charge is 0.315 e. The number of Topliss-reactive ketones (excluding diaryl/α,β-unsaturated/α-hetero) is 1. The highest BCUT2D eigenvalue weighted by Crippen LogP contribution is 2.65. The molecule has 12 nitrogen and oxygen atoms in total. The molecule has 2 saturated carbocycles.